The van der Waals surface area contributed by atoms with Gasteiger partial charge < -0.3 is 36.4 Å². The molecule has 2 saturated heterocycles. The highest BCUT2D eigenvalue weighted by molar-refractivity contribution is 7.80. The van der Waals surface area contributed by atoms with Crippen LogP contribution in [0.4, 0.5) is 5.13 Å². The van der Waals surface area contributed by atoms with E-state index in [0.29, 0.717) is 22.2 Å². The number of carboxylic acid groups (broad SMARTS) is 1. The lowest BCUT2D eigenvalue weighted by Crippen LogP contribution is -2.76. The zero-order valence-electron chi connectivity index (χ0n) is 23.9. The van der Waals surface area contributed by atoms with Crippen molar-refractivity contribution in [1.29, 1.82) is 5.41 Å². The Hall–Kier alpha value is -4.44. The molecule has 2 fully saturated rings. The minimum absolute atomic E-state index is 0.0569. The predicted octanol–water partition coefficient (Wildman–Crippen LogP) is -1.12. The Kier molecular flexibility index (Phi) is 10.2. The van der Waals surface area contributed by atoms with Crippen molar-refractivity contribution in [3.05, 3.63) is 35.7 Å². The molecule has 3 unspecified atom stereocenters. The van der Waals surface area contributed by atoms with Crippen LogP contribution in [0.25, 0.3) is 0 Å². The second-order valence-electron chi connectivity index (χ2n) is 10.4. The largest absolute Gasteiger partial charge is 0.489 e. The number of hydroxylamine groups is 2. The Labute approximate surface area is 260 Å². The van der Waals surface area contributed by atoms with E-state index in [2.05, 4.69) is 34.7 Å². The molecule has 8 N–H and O–H groups in total. The van der Waals surface area contributed by atoms with Gasteiger partial charge in [-0.3, -0.25) is 19.6 Å². The molecule has 2 aliphatic rings. The van der Waals surface area contributed by atoms with Crippen molar-refractivity contribution < 1.29 is 46.3 Å². The van der Waals surface area contributed by atoms with Crippen molar-refractivity contribution in [3.8, 4) is 5.75 Å². The number of carbonyl (C=O) groups is 3. The molecule has 3 atom stereocenters. The fourth-order valence-electron chi connectivity index (χ4n) is 4.35. The van der Waals surface area contributed by atoms with E-state index >= 15 is 0 Å². The molecule has 21 heteroatoms. The maximum absolute atomic E-state index is 13.1. The molecule has 244 valence electrons. The van der Waals surface area contributed by atoms with Crippen molar-refractivity contribution in [3.63, 3.8) is 0 Å². The highest BCUT2D eigenvalue weighted by Crippen LogP contribution is 2.33. The Morgan fingerprint density at radius 1 is 1.31 bits per heavy atom. The van der Waals surface area contributed by atoms with Gasteiger partial charge in [-0.1, -0.05) is 5.16 Å². The SMILES string of the molecule is CC1(C)C(NC(=O)C(=NOC(COc2ccc(C(=N)NC3CCCNC3)cc2)C(=O)O)c2nsc(N)n2)C(=O)N1OS(=O)(=O)O. The first-order valence-corrected chi connectivity index (χ1v) is 15.5. The van der Waals surface area contributed by atoms with E-state index in [-0.39, 0.29) is 28.6 Å². The van der Waals surface area contributed by atoms with Gasteiger partial charge >= 0.3 is 16.4 Å². The van der Waals surface area contributed by atoms with Crippen molar-refractivity contribution in [2.24, 2.45) is 5.16 Å². The number of benzene rings is 1. The lowest BCUT2D eigenvalue weighted by Gasteiger charge is -2.50. The van der Waals surface area contributed by atoms with Crippen molar-refractivity contribution in [1.82, 2.24) is 30.4 Å². The summed E-state index contributed by atoms with van der Waals surface area (Å²) in [5.74, 6) is -3.42. The van der Waals surface area contributed by atoms with Crippen molar-refractivity contribution >= 4 is 56.4 Å². The maximum atomic E-state index is 13.1. The molecule has 19 nitrogen and oxygen atoms in total. The highest BCUT2D eigenvalue weighted by Gasteiger charge is 2.58. The van der Waals surface area contributed by atoms with Crippen LogP contribution in [0, 0.1) is 5.41 Å². The normalized spacial score (nSPS) is 20.5. The zero-order chi connectivity index (χ0) is 32.9. The number of rotatable bonds is 13. The Morgan fingerprint density at radius 3 is 2.58 bits per heavy atom. The van der Waals surface area contributed by atoms with E-state index in [1.807, 2.05) is 0 Å². The zero-order valence-corrected chi connectivity index (χ0v) is 25.6. The lowest BCUT2D eigenvalue weighted by atomic mass is 9.84. The number of amides is 2. The summed E-state index contributed by atoms with van der Waals surface area (Å²) in [5, 5.41) is 30.6. The average molecular weight is 670 g/mol. The summed E-state index contributed by atoms with van der Waals surface area (Å²) in [5.41, 5.74) is 4.13. The van der Waals surface area contributed by atoms with Gasteiger partial charge in [-0.2, -0.15) is 22.8 Å². The minimum Gasteiger partial charge on any atom is -0.489 e. The number of nitrogens with zero attached hydrogens (tertiary/aromatic N) is 4. The first kappa shape index (κ1) is 33.5. The number of aromatic nitrogens is 2. The Balaban J connectivity index is 1.41. The third-order valence-electron chi connectivity index (χ3n) is 6.73. The Morgan fingerprint density at radius 2 is 2.02 bits per heavy atom. The number of piperidine rings is 1. The fourth-order valence-corrected chi connectivity index (χ4v) is 5.24. The van der Waals surface area contributed by atoms with Crippen LogP contribution in [0.15, 0.2) is 29.4 Å². The molecule has 0 spiro atoms. The average Bonchev–Trinajstić information content (AvgIpc) is 3.41. The van der Waals surface area contributed by atoms with E-state index < -0.39 is 58.2 Å². The van der Waals surface area contributed by atoms with E-state index in [4.69, 9.17) is 25.3 Å². The summed E-state index contributed by atoms with van der Waals surface area (Å²) in [7, 11) is -5.03. The summed E-state index contributed by atoms with van der Waals surface area (Å²) in [6, 6.07) is 5.18. The molecule has 0 radical (unpaired) electrons. The van der Waals surface area contributed by atoms with Gasteiger partial charge in [0.2, 0.25) is 11.5 Å². The van der Waals surface area contributed by atoms with E-state index in [1.165, 1.54) is 13.8 Å². The molecule has 1 aromatic heterocycles. The van der Waals surface area contributed by atoms with Crippen LogP contribution in [0.2, 0.25) is 0 Å². The third kappa shape index (κ3) is 8.39. The smallest absolute Gasteiger partial charge is 0.418 e. The molecule has 1 aromatic carbocycles. The van der Waals surface area contributed by atoms with Gasteiger partial charge in [0, 0.05) is 29.7 Å². The van der Waals surface area contributed by atoms with Crippen LogP contribution in [0.3, 0.4) is 0 Å². The van der Waals surface area contributed by atoms with Crippen molar-refractivity contribution in [2.45, 2.75) is 50.4 Å². The molecular formula is C24H31N9O10S2. The maximum Gasteiger partial charge on any atom is 0.418 e. The third-order valence-corrected chi connectivity index (χ3v) is 7.61. The first-order chi connectivity index (χ1) is 21.2. The van der Waals surface area contributed by atoms with Crippen LogP contribution < -0.4 is 26.4 Å². The van der Waals surface area contributed by atoms with Gasteiger partial charge in [0.25, 0.3) is 17.9 Å². The summed E-state index contributed by atoms with van der Waals surface area (Å²) in [6.07, 6.45) is 0.246. The second kappa shape index (κ2) is 13.7. The molecular weight excluding hydrogens is 638 g/mol. The van der Waals surface area contributed by atoms with Gasteiger partial charge in [-0.15, -0.1) is 4.28 Å². The number of oxime groups is 1. The number of hydrogen-bond donors (Lipinski definition) is 7. The standard InChI is InChI=1S/C24H31N9O10S2/c1-24(2)17(21(35)33(24)43-45(38,39)40)29-20(34)16(19-30-23(26)44-32-19)31-42-15(22(36)37)11-41-14-7-5-12(6-8-14)18(25)28-13-4-3-9-27-10-13/h5-8,13,15,17,27H,3-4,9-11H2,1-2H3,(H2,25,28)(H,29,34)(H,36,37)(H2,26,30,32)(H,38,39,40). The summed E-state index contributed by atoms with van der Waals surface area (Å²) < 4.78 is 44.7. The number of anilines is 1. The molecule has 0 saturated carbocycles. The first-order valence-electron chi connectivity index (χ1n) is 13.3. The van der Waals surface area contributed by atoms with E-state index in [9.17, 15) is 27.9 Å². The number of hydrogen-bond acceptors (Lipinski definition) is 15. The number of amidine groups is 1. The minimum atomic E-state index is -5.03. The Bertz CT molecular complexity index is 1570. The number of carbonyl (C=O) groups excluding carboxylic acids is 2. The fraction of sp³-hybridized carbons (Fsp3) is 0.458. The quantitative estimate of drug-likeness (QED) is 0.0437. The number of aliphatic carboxylic acids is 1. The van der Waals surface area contributed by atoms with E-state index in [0.717, 1.165) is 25.9 Å². The molecule has 2 aromatic rings. The molecule has 0 aliphatic carbocycles. The number of β-lactam (4-membered cyclic amide) rings is 1. The summed E-state index contributed by atoms with van der Waals surface area (Å²) in [6.45, 7) is 3.85. The lowest BCUT2D eigenvalue weighted by molar-refractivity contribution is -0.218. The van der Waals surface area contributed by atoms with Crippen LogP contribution in [-0.2, 0) is 33.9 Å². The highest BCUT2D eigenvalue weighted by atomic mass is 32.3. The van der Waals surface area contributed by atoms with Crippen LogP contribution in [0.1, 0.15) is 38.1 Å². The number of nitrogen functional groups attached to an aromatic ring is 1. The van der Waals surface area contributed by atoms with Gasteiger partial charge in [-0.05, 0) is 57.5 Å². The number of ether oxygens (including phenoxy) is 1. The second-order valence-corrected chi connectivity index (χ2v) is 12.2. The van der Waals surface area contributed by atoms with Crippen LogP contribution >= 0.6 is 11.5 Å². The molecule has 4 rings (SSSR count). The number of carboxylic acids is 1. The molecule has 0 bridgehead atoms. The molecule has 45 heavy (non-hydrogen) atoms. The van der Waals surface area contributed by atoms with Crippen LogP contribution in [-0.4, -0.2) is 105 Å². The molecule has 2 amide bonds. The summed E-state index contributed by atoms with van der Waals surface area (Å²) >= 11 is 0.704. The molecule has 2 aliphatic heterocycles. The summed E-state index contributed by atoms with van der Waals surface area (Å²) in [4.78, 5) is 46.5. The van der Waals surface area contributed by atoms with Crippen LogP contribution in [0.5, 0.6) is 5.75 Å². The van der Waals surface area contributed by atoms with Gasteiger partial charge in [-0.25, -0.2) is 4.79 Å². The van der Waals surface area contributed by atoms with Gasteiger partial charge in [0.05, 0.1) is 5.54 Å². The van der Waals surface area contributed by atoms with E-state index in [1.54, 1.807) is 24.3 Å². The van der Waals surface area contributed by atoms with Crippen molar-refractivity contribution in [2.75, 3.05) is 25.4 Å². The number of nitrogens with one attached hydrogen (secondary N) is 4. The monoisotopic (exact) mass is 669 g/mol. The topological polar surface area (TPSA) is 281 Å². The van der Waals surface area contributed by atoms with Gasteiger partial charge in [0.1, 0.15) is 24.2 Å². The molecule has 3 heterocycles. The predicted molar refractivity (Wildman–Crippen MR) is 157 cm³/mol. The number of nitrogens with two attached hydrogens (primary N) is 1. The van der Waals surface area contributed by atoms with Gasteiger partial charge in [0.15, 0.2) is 5.13 Å².